The van der Waals surface area contributed by atoms with E-state index >= 15 is 0 Å². The lowest BCUT2D eigenvalue weighted by Gasteiger charge is -2.36. The van der Waals surface area contributed by atoms with Crippen molar-refractivity contribution in [3.05, 3.63) is 34.0 Å². The van der Waals surface area contributed by atoms with E-state index in [4.69, 9.17) is 11.6 Å². The van der Waals surface area contributed by atoms with E-state index in [0.29, 0.717) is 23.8 Å². The molecule has 1 spiro atoms. The van der Waals surface area contributed by atoms with Gasteiger partial charge in [0.2, 0.25) is 5.91 Å². The van der Waals surface area contributed by atoms with E-state index in [9.17, 15) is 14.4 Å². The summed E-state index contributed by atoms with van der Waals surface area (Å²) < 4.78 is 0.651. The summed E-state index contributed by atoms with van der Waals surface area (Å²) in [4.78, 5) is 41.9. The third-order valence-corrected chi connectivity index (χ3v) is 6.69. The van der Waals surface area contributed by atoms with Crippen molar-refractivity contribution in [2.75, 3.05) is 13.1 Å². The number of rotatable bonds is 6. The number of nitrogens with zero attached hydrogens (tertiary/aromatic N) is 2. The lowest BCUT2D eigenvalue weighted by Crippen LogP contribution is -2.54. The van der Waals surface area contributed by atoms with Gasteiger partial charge in [-0.1, -0.05) is 37.4 Å². The van der Waals surface area contributed by atoms with Gasteiger partial charge in [0.1, 0.15) is 12.1 Å². The molecule has 6 nitrogen and oxygen atoms in total. The molecule has 0 radical (unpaired) electrons. The van der Waals surface area contributed by atoms with E-state index < -0.39 is 11.6 Å². The number of halogens is 1. The molecule has 146 valence electrons. The summed E-state index contributed by atoms with van der Waals surface area (Å²) in [6.07, 6.45) is 5.12. The minimum Gasteiger partial charge on any atom is -0.332 e. The first-order valence-corrected chi connectivity index (χ1v) is 10.3. The van der Waals surface area contributed by atoms with Crippen LogP contribution in [0.1, 0.15) is 37.5 Å². The zero-order valence-electron chi connectivity index (χ0n) is 15.4. The second-order valence-electron chi connectivity index (χ2n) is 7.21. The number of nitrogens with one attached hydrogen (secondary N) is 1. The normalized spacial score (nSPS) is 25.0. The smallest absolute Gasteiger partial charge is 0.325 e. The zero-order valence-corrected chi connectivity index (χ0v) is 16.9. The Hall–Kier alpha value is -1.86. The lowest BCUT2D eigenvalue weighted by atomic mass is 9.73. The molecule has 0 bridgehead atoms. The number of urea groups is 1. The summed E-state index contributed by atoms with van der Waals surface area (Å²) in [6.45, 7) is 6.13. The van der Waals surface area contributed by atoms with Crippen LogP contribution in [0.15, 0.2) is 24.8 Å². The van der Waals surface area contributed by atoms with Gasteiger partial charge in [-0.2, -0.15) is 0 Å². The van der Waals surface area contributed by atoms with Gasteiger partial charge in [0.15, 0.2) is 0 Å². The summed E-state index contributed by atoms with van der Waals surface area (Å²) in [5.41, 5.74) is -0.847. The average molecular weight is 410 g/mol. The van der Waals surface area contributed by atoms with Gasteiger partial charge in [-0.25, -0.2) is 4.79 Å². The molecule has 2 atom stereocenters. The van der Waals surface area contributed by atoms with Crippen LogP contribution in [0.4, 0.5) is 4.79 Å². The largest absolute Gasteiger partial charge is 0.332 e. The van der Waals surface area contributed by atoms with Crippen molar-refractivity contribution in [1.82, 2.24) is 15.1 Å². The third kappa shape index (κ3) is 3.89. The highest BCUT2D eigenvalue weighted by molar-refractivity contribution is 7.16. The molecule has 1 aliphatic carbocycles. The topological polar surface area (TPSA) is 69.7 Å². The van der Waals surface area contributed by atoms with Crippen LogP contribution in [0.25, 0.3) is 0 Å². The third-order valence-electron chi connectivity index (χ3n) is 5.47. The first kappa shape index (κ1) is 19.9. The minimum atomic E-state index is -0.847. The molecule has 1 aromatic heterocycles. The van der Waals surface area contributed by atoms with Crippen molar-refractivity contribution < 1.29 is 14.4 Å². The number of hydrogen-bond acceptors (Lipinski definition) is 4. The van der Waals surface area contributed by atoms with Crippen molar-refractivity contribution >= 4 is 40.8 Å². The van der Waals surface area contributed by atoms with Gasteiger partial charge in [-0.05, 0) is 30.9 Å². The number of carbonyl (C=O) groups is 3. The number of thiophene rings is 1. The Labute approximate surface area is 168 Å². The molecule has 2 heterocycles. The van der Waals surface area contributed by atoms with E-state index in [0.717, 1.165) is 29.0 Å². The molecule has 1 saturated carbocycles. The van der Waals surface area contributed by atoms with Gasteiger partial charge in [0.25, 0.3) is 5.91 Å². The van der Waals surface area contributed by atoms with Crippen molar-refractivity contribution in [3.63, 3.8) is 0 Å². The predicted octanol–water partition coefficient (Wildman–Crippen LogP) is 3.42. The number of imide groups is 1. The summed E-state index contributed by atoms with van der Waals surface area (Å²) >= 11 is 7.36. The molecule has 1 saturated heterocycles. The first-order chi connectivity index (χ1) is 12.9. The van der Waals surface area contributed by atoms with Crippen molar-refractivity contribution in [2.45, 2.75) is 44.7 Å². The van der Waals surface area contributed by atoms with Gasteiger partial charge in [0, 0.05) is 11.4 Å². The fraction of sp³-hybridized carbons (Fsp3) is 0.526. The molecule has 0 aromatic carbocycles. The molecule has 1 aliphatic heterocycles. The van der Waals surface area contributed by atoms with Gasteiger partial charge in [-0.15, -0.1) is 17.9 Å². The molecular weight excluding hydrogens is 386 g/mol. The van der Waals surface area contributed by atoms with Gasteiger partial charge in [0.05, 0.1) is 10.9 Å². The molecule has 2 aliphatic rings. The lowest BCUT2D eigenvalue weighted by molar-refractivity contribution is -0.140. The Kier molecular flexibility index (Phi) is 5.91. The van der Waals surface area contributed by atoms with Crippen LogP contribution >= 0.6 is 22.9 Å². The predicted molar refractivity (Wildman–Crippen MR) is 106 cm³/mol. The monoisotopic (exact) mass is 409 g/mol. The SMILES string of the molecule is C=CCN(Cc1ccc(Cl)s1)C(=O)CN1C(=O)N[C@@]2(CCCC[C@H]2C)C1=O. The van der Waals surface area contributed by atoms with E-state index in [1.807, 2.05) is 13.0 Å². The van der Waals surface area contributed by atoms with Gasteiger partial charge >= 0.3 is 6.03 Å². The molecule has 1 aromatic rings. The minimum absolute atomic E-state index is 0.0698. The zero-order chi connectivity index (χ0) is 19.6. The number of carbonyl (C=O) groups excluding carboxylic acids is 3. The summed E-state index contributed by atoms with van der Waals surface area (Å²) in [5, 5.41) is 2.88. The maximum Gasteiger partial charge on any atom is 0.325 e. The fourth-order valence-corrected chi connectivity index (χ4v) is 5.01. The maximum absolute atomic E-state index is 13.0. The molecule has 3 rings (SSSR count). The molecule has 4 amide bonds. The summed E-state index contributed by atoms with van der Waals surface area (Å²) in [6, 6.07) is 3.17. The molecule has 2 fully saturated rings. The van der Waals surface area contributed by atoms with Gasteiger partial charge < -0.3 is 10.2 Å². The Morgan fingerprint density at radius 2 is 2.26 bits per heavy atom. The number of hydrogen-bond donors (Lipinski definition) is 1. The standard InChI is InChI=1S/C19H24ClN3O3S/c1-3-10-22(11-14-7-8-15(20)27-14)16(24)12-23-17(25)19(21-18(23)26)9-5-4-6-13(19)2/h3,7-8,13H,1,4-6,9-12H2,2H3,(H,21,26)/t13-,19-/m1/s1. The van der Waals surface area contributed by atoms with Crippen molar-refractivity contribution in [2.24, 2.45) is 5.92 Å². The highest BCUT2D eigenvalue weighted by Gasteiger charge is 2.55. The molecular formula is C19H24ClN3O3S. The second kappa shape index (κ2) is 8.02. The highest BCUT2D eigenvalue weighted by Crippen LogP contribution is 2.38. The van der Waals surface area contributed by atoms with Gasteiger partial charge in [-0.3, -0.25) is 14.5 Å². The van der Waals surface area contributed by atoms with E-state index in [1.54, 1.807) is 17.0 Å². The van der Waals surface area contributed by atoms with Crippen molar-refractivity contribution in [1.29, 1.82) is 0 Å². The summed E-state index contributed by atoms with van der Waals surface area (Å²) in [5.74, 6) is -0.491. The first-order valence-electron chi connectivity index (χ1n) is 9.14. The van der Waals surface area contributed by atoms with Crippen LogP contribution in [0.2, 0.25) is 4.34 Å². The van der Waals surface area contributed by atoms with Crippen LogP contribution in [0.5, 0.6) is 0 Å². The second-order valence-corrected chi connectivity index (χ2v) is 9.01. The Balaban J connectivity index is 1.72. The molecule has 27 heavy (non-hydrogen) atoms. The molecule has 8 heteroatoms. The van der Waals surface area contributed by atoms with Crippen LogP contribution < -0.4 is 5.32 Å². The maximum atomic E-state index is 13.0. The Morgan fingerprint density at radius 3 is 2.89 bits per heavy atom. The molecule has 0 unspecified atom stereocenters. The number of amides is 4. The Bertz CT molecular complexity index is 765. The molecule has 1 N–H and O–H groups in total. The fourth-order valence-electron chi connectivity index (χ4n) is 3.91. The van der Waals surface area contributed by atoms with E-state index in [-0.39, 0.29) is 24.3 Å². The average Bonchev–Trinajstić information content (AvgIpc) is 3.14. The van der Waals surface area contributed by atoms with Crippen LogP contribution in [-0.4, -0.2) is 46.3 Å². The Morgan fingerprint density at radius 1 is 1.48 bits per heavy atom. The van der Waals surface area contributed by atoms with Crippen LogP contribution in [0, 0.1) is 5.92 Å². The van der Waals surface area contributed by atoms with E-state index in [1.165, 1.54) is 11.3 Å². The van der Waals surface area contributed by atoms with E-state index in [2.05, 4.69) is 11.9 Å². The quantitative estimate of drug-likeness (QED) is 0.578. The highest BCUT2D eigenvalue weighted by atomic mass is 35.5. The summed E-state index contributed by atoms with van der Waals surface area (Å²) in [7, 11) is 0. The van der Waals surface area contributed by atoms with Crippen molar-refractivity contribution in [3.8, 4) is 0 Å². The van der Waals surface area contributed by atoms with Crippen LogP contribution in [-0.2, 0) is 16.1 Å². The van der Waals surface area contributed by atoms with Crippen LogP contribution in [0.3, 0.4) is 0 Å².